The van der Waals surface area contributed by atoms with E-state index in [1.165, 1.54) is 30.9 Å². The summed E-state index contributed by atoms with van der Waals surface area (Å²) >= 11 is 0. The van der Waals surface area contributed by atoms with Crippen LogP contribution in [0.2, 0.25) is 0 Å². The van der Waals surface area contributed by atoms with E-state index in [1.54, 1.807) is 6.07 Å². The predicted molar refractivity (Wildman–Crippen MR) is 129 cm³/mol. The summed E-state index contributed by atoms with van der Waals surface area (Å²) in [5.41, 5.74) is 3.22. The highest BCUT2D eigenvalue weighted by atomic mass is 19.1. The van der Waals surface area contributed by atoms with Crippen molar-refractivity contribution in [1.82, 2.24) is 0 Å². The number of aliphatic hydroxyl groups excluding tert-OH is 1. The number of carbonyl (C=O) groups excluding carboxylic acids is 1. The number of hydrogen-bond donors (Lipinski definition) is 1. The number of aryl methyl sites for hydroxylation is 1. The van der Waals surface area contributed by atoms with E-state index >= 15 is 0 Å². The number of unbranched alkanes of at least 4 members (excludes halogenated alkanes) is 2. The lowest BCUT2D eigenvalue weighted by atomic mass is 9.88. The summed E-state index contributed by atoms with van der Waals surface area (Å²) in [6.07, 6.45) is 7.71. The molecule has 0 amide bonds. The lowest BCUT2D eigenvalue weighted by molar-refractivity contribution is -0.146. The summed E-state index contributed by atoms with van der Waals surface area (Å²) in [5, 5.41) is 8.96. The van der Waals surface area contributed by atoms with Gasteiger partial charge >= 0.3 is 5.97 Å². The smallest absolute Gasteiger partial charge is 0.336 e. The van der Waals surface area contributed by atoms with Crippen LogP contribution in [0, 0.1) is 11.7 Å². The lowest BCUT2D eigenvalue weighted by Gasteiger charge is -2.28. The van der Waals surface area contributed by atoms with Gasteiger partial charge in [0.25, 0.3) is 0 Å². The fourth-order valence-electron chi connectivity index (χ4n) is 4.16. The monoisotopic (exact) mass is 454 g/mol. The number of rotatable bonds is 11. The Hall–Kier alpha value is -2.66. The van der Waals surface area contributed by atoms with Crippen molar-refractivity contribution in [3.63, 3.8) is 0 Å². The van der Waals surface area contributed by atoms with Gasteiger partial charge in [-0.2, -0.15) is 0 Å². The van der Waals surface area contributed by atoms with Gasteiger partial charge in [-0.05, 0) is 73.3 Å². The number of carbonyl (C=O) groups is 1. The van der Waals surface area contributed by atoms with Crippen molar-refractivity contribution in [2.45, 2.75) is 64.4 Å². The fraction of sp³-hybridized carbons (Fsp3) is 0.464. The highest BCUT2D eigenvalue weighted by Crippen LogP contribution is 2.30. The Labute approximate surface area is 196 Å². The molecule has 1 saturated carbocycles. The van der Waals surface area contributed by atoms with Gasteiger partial charge in [0.15, 0.2) is 11.6 Å². The largest absolute Gasteiger partial charge is 0.490 e. The van der Waals surface area contributed by atoms with Crippen LogP contribution in [-0.4, -0.2) is 30.4 Å². The summed E-state index contributed by atoms with van der Waals surface area (Å²) in [6.45, 7) is 5.73. The Morgan fingerprint density at radius 3 is 2.39 bits per heavy atom. The normalized spacial score (nSPS) is 18.0. The molecule has 1 aliphatic rings. The van der Waals surface area contributed by atoms with Crippen molar-refractivity contribution in [2.24, 2.45) is 5.92 Å². The van der Waals surface area contributed by atoms with Gasteiger partial charge in [-0.25, -0.2) is 9.18 Å². The Balaban J connectivity index is 1.47. The molecule has 0 spiro atoms. The first-order valence-electron chi connectivity index (χ1n) is 12.0. The zero-order valence-corrected chi connectivity index (χ0v) is 19.5. The van der Waals surface area contributed by atoms with Crippen molar-refractivity contribution >= 4 is 5.97 Å². The second-order valence-corrected chi connectivity index (χ2v) is 8.92. The number of hydrogen-bond acceptors (Lipinski definition) is 4. The molecule has 3 rings (SSSR count). The molecular formula is C28H35FO4. The van der Waals surface area contributed by atoms with Gasteiger partial charge in [0, 0.05) is 0 Å². The van der Waals surface area contributed by atoms with E-state index in [4.69, 9.17) is 14.6 Å². The Bertz CT molecular complexity index is 914. The molecular weight excluding hydrogens is 419 g/mol. The fourth-order valence-corrected chi connectivity index (χ4v) is 4.16. The summed E-state index contributed by atoms with van der Waals surface area (Å²) in [4.78, 5) is 11.7. The SMILES string of the molecule is C=C(CO)C(=O)OC1CCC(COc2ccc(-c3ccc(CCCCC)cc3)cc2F)CC1. The topological polar surface area (TPSA) is 55.8 Å². The van der Waals surface area contributed by atoms with Crippen molar-refractivity contribution in [3.05, 3.63) is 66.0 Å². The molecule has 0 aliphatic heterocycles. The van der Waals surface area contributed by atoms with Gasteiger partial charge in [0.05, 0.1) is 18.8 Å². The molecule has 1 fully saturated rings. The molecule has 0 saturated heterocycles. The van der Waals surface area contributed by atoms with Crippen LogP contribution in [0.1, 0.15) is 57.4 Å². The number of halogens is 1. The minimum Gasteiger partial charge on any atom is -0.490 e. The van der Waals surface area contributed by atoms with E-state index in [0.717, 1.165) is 43.2 Å². The molecule has 0 bridgehead atoms. The van der Waals surface area contributed by atoms with E-state index < -0.39 is 12.6 Å². The maximum atomic E-state index is 14.7. The van der Waals surface area contributed by atoms with Gasteiger partial charge in [-0.15, -0.1) is 0 Å². The van der Waals surface area contributed by atoms with E-state index in [1.807, 2.05) is 6.07 Å². The summed E-state index contributed by atoms with van der Waals surface area (Å²) in [5.74, 6) is -0.335. The minimum atomic E-state index is -0.537. The maximum Gasteiger partial charge on any atom is 0.336 e. The van der Waals surface area contributed by atoms with Gasteiger partial charge in [-0.1, -0.05) is 56.7 Å². The molecule has 2 aromatic rings. The molecule has 0 atom stereocenters. The third-order valence-corrected chi connectivity index (χ3v) is 6.31. The maximum absolute atomic E-state index is 14.7. The number of esters is 1. The molecule has 178 valence electrons. The molecule has 2 aromatic carbocycles. The van der Waals surface area contributed by atoms with Crippen LogP contribution in [-0.2, 0) is 16.0 Å². The molecule has 0 radical (unpaired) electrons. The predicted octanol–water partition coefficient (Wildman–Crippen LogP) is 6.25. The lowest BCUT2D eigenvalue weighted by Crippen LogP contribution is -2.27. The zero-order valence-electron chi connectivity index (χ0n) is 19.5. The van der Waals surface area contributed by atoms with Crippen molar-refractivity contribution in [1.29, 1.82) is 0 Å². The van der Waals surface area contributed by atoms with E-state index in [-0.39, 0.29) is 23.2 Å². The van der Waals surface area contributed by atoms with Crippen LogP contribution in [0.4, 0.5) is 4.39 Å². The van der Waals surface area contributed by atoms with Crippen LogP contribution >= 0.6 is 0 Å². The van der Waals surface area contributed by atoms with E-state index in [0.29, 0.717) is 12.5 Å². The Morgan fingerprint density at radius 1 is 1.06 bits per heavy atom. The first kappa shape index (κ1) is 25.0. The summed E-state index contributed by atoms with van der Waals surface area (Å²) in [6, 6.07) is 13.5. The average Bonchev–Trinajstić information content (AvgIpc) is 2.84. The van der Waals surface area contributed by atoms with E-state index in [2.05, 4.69) is 37.8 Å². The van der Waals surface area contributed by atoms with Crippen LogP contribution in [0.5, 0.6) is 5.75 Å². The van der Waals surface area contributed by atoms with Gasteiger partial charge in [0.2, 0.25) is 0 Å². The minimum absolute atomic E-state index is 0.0716. The summed E-state index contributed by atoms with van der Waals surface area (Å²) < 4.78 is 25.8. The average molecular weight is 455 g/mol. The first-order valence-corrected chi connectivity index (χ1v) is 12.0. The van der Waals surface area contributed by atoms with Crippen molar-refractivity contribution < 1.29 is 23.8 Å². The number of aliphatic hydroxyl groups is 1. The quantitative estimate of drug-likeness (QED) is 0.248. The molecule has 1 N–H and O–H groups in total. The third-order valence-electron chi connectivity index (χ3n) is 6.31. The molecule has 33 heavy (non-hydrogen) atoms. The van der Waals surface area contributed by atoms with E-state index in [9.17, 15) is 9.18 Å². The molecule has 1 aliphatic carbocycles. The molecule has 4 nitrogen and oxygen atoms in total. The van der Waals surface area contributed by atoms with Crippen LogP contribution < -0.4 is 4.74 Å². The molecule has 0 unspecified atom stereocenters. The number of benzene rings is 2. The second kappa shape index (κ2) is 12.5. The van der Waals surface area contributed by atoms with Crippen LogP contribution in [0.3, 0.4) is 0 Å². The third kappa shape index (κ3) is 7.43. The van der Waals surface area contributed by atoms with Crippen molar-refractivity contribution in [3.8, 4) is 16.9 Å². The first-order chi connectivity index (χ1) is 16.0. The van der Waals surface area contributed by atoms with Crippen molar-refractivity contribution in [2.75, 3.05) is 13.2 Å². The number of ether oxygens (including phenoxy) is 2. The zero-order chi connectivity index (χ0) is 23.6. The second-order valence-electron chi connectivity index (χ2n) is 8.92. The van der Waals surface area contributed by atoms with Crippen LogP contribution in [0.25, 0.3) is 11.1 Å². The molecule has 0 aromatic heterocycles. The Kier molecular flexibility index (Phi) is 9.49. The Morgan fingerprint density at radius 2 is 1.76 bits per heavy atom. The highest BCUT2D eigenvalue weighted by molar-refractivity contribution is 5.88. The van der Waals surface area contributed by atoms with Crippen LogP contribution in [0.15, 0.2) is 54.6 Å². The summed E-state index contributed by atoms with van der Waals surface area (Å²) in [7, 11) is 0. The standard InChI is InChI=1S/C28H35FO4/c1-3-4-5-6-21-7-11-23(12-8-21)24-13-16-27(26(29)17-24)32-19-22-9-14-25(15-10-22)33-28(31)20(2)18-30/h7-8,11-13,16-17,22,25,30H,2-6,9-10,14-15,18-19H2,1H3. The molecule has 5 heteroatoms. The van der Waals surface area contributed by atoms with Gasteiger partial charge < -0.3 is 14.6 Å². The van der Waals surface area contributed by atoms with Gasteiger partial charge in [-0.3, -0.25) is 0 Å². The molecule has 0 heterocycles. The van der Waals surface area contributed by atoms with Gasteiger partial charge in [0.1, 0.15) is 6.10 Å². The highest BCUT2D eigenvalue weighted by Gasteiger charge is 2.25.